The van der Waals surface area contributed by atoms with Gasteiger partial charge in [-0.05, 0) is 6.42 Å². The van der Waals surface area contributed by atoms with Crippen LogP contribution in [0.4, 0.5) is 0 Å². The topological polar surface area (TPSA) is 51.8 Å². The Labute approximate surface area is 77.0 Å². The molecule has 1 atom stereocenters. The lowest BCUT2D eigenvalue weighted by Gasteiger charge is -2.01. The second kappa shape index (κ2) is 3.96. The molecule has 0 spiro atoms. The maximum absolute atomic E-state index is 5.82. The lowest BCUT2D eigenvalue weighted by atomic mass is 10.2. The fraction of sp³-hybridized carbons (Fsp3) is 0.750. The van der Waals surface area contributed by atoms with Crippen LogP contribution in [0.15, 0.2) is 0 Å². The minimum absolute atomic E-state index is 0.0648. The number of nitrogens with two attached hydrogens (primary N) is 1. The van der Waals surface area contributed by atoms with Crippen LogP contribution in [0.2, 0.25) is 0 Å². The van der Waals surface area contributed by atoms with Gasteiger partial charge in [-0.15, -0.1) is 10.2 Å². The Kier molecular flexibility index (Phi) is 3.17. The van der Waals surface area contributed by atoms with Gasteiger partial charge < -0.3 is 5.73 Å². The van der Waals surface area contributed by atoms with Crippen molar-refractivity contribution in [3.8, 4) is 0 Å². The summed E-state index contributed by atoms with van der Waals surface area (Å²) >= 11 is 1.63. The Morgan fingerprint density at radius 3 is 2.33 bits per heavy atom. The van der Waals surface area contributed by atoms with Gasteiger partial charge in [0.15, 0.2) is 0 Å². The second-order valence-corrected chi connectivity index (χ2v) is 4.19. The van der Waals surface area contributed by atoms with Crippen molar-refractivity contribution in [2.24, 2.45) is 5.73 Å². The van der Waals surface area contributed by atoms with Crippen LogP contribution in [0.25, 0.3) is 0 Å². The molecule has 0 bridgehead atoms. The molecule has 68 valence electrons. The maximum Gasteiger partial charge on any atom is 0.134 e. The molecule has 2 N–H and O–H groups in total. The highest BCUT2D eigenvalue weighted by Gasteiger charge is 2.11. The standard InChI is InChI=1S/C8H15N3S/c1-4-6(9)8-11-10-7(12-8)5(2)3/h5-6H,4,9H2,1-3H3. The quantitative estimate of drug-likeness (QED) is 0.784. The zero-order valence-corrected chi connectivity index (χ0v) is 8.56. The fourth-order valence-corrected chi connectivity index (χ4v) is 1.74. The number of nitrogens with zero attached hydrogens (tertiary/aromatic N) is 2. The third-order valence-corrected chi connectivity index (χ3v) is 3.06. The molecule has 0 amide bonds. The highest BCUT2D eigenvalue weighted by molar-refractivity contribution is 7.11. The summed E-state index contributed by atoms with van der Waals surface area (Å²) in [6.45, 7) is 6.28. The number of aromatic nitrogens is 2. The molecule has 1 unspecified atom stereocenters. The molecule has 0 saturated heterocycles. The van der Waals surface area contributed by atoms with Gasteiger partial charge in [0.2, 0.25) is 0 Å². The normalized spacial score (nSPS) is 13.8. The van der Waals surface area contributed by atoms with Crippen molar-refractivity contribution >= 4 is 11.3 Å². The monoisotopic (exact) mass is 185 g/mol. The molecule has 0 aliphatic rings. The predicted molar refractivity (Wildman–Crippen MR) is 51.2 cm³/mol. The van der Waals surface area contributed by atoms with Crippen molar-refractivity contribution in [1.82, 2.24) is 10.2 Å². The van der Waals surface area contributed by atoms with Crippen LogP contribution in [-0.4, -0.2) is 10.2 Å². The third-order valence-electron chi connectivity index (χ3n) is 1.71. The van der Waals surface area contributed by atoms with Gasteiger partial charge in [-0.25, -0.2) is 0 Å². The van der Waals surface area contributed by atoms with E-state index in [0.29, 0.717) is 5.92 Å². The highest BCUT2D eigenvalue weighted by atomic mass is 32.1. The molecule has 4 heteroatoms. The smallest absolute Gasteiger partial charge is 0.134 e. The van der Waals surface area contributed by atoms with Crippen LogP contribution < -0.4 is 5.73 Å². The van der Waals surface area contributed by atoms with Gasteiger partial charge in [-0.1, -0.05) is 32.1 Å². The van der Waals surface area contributed by atoms with Crippen molar-refractivity contribution in [3.63, 3.8) is 0 Å². The van der Waals surface area contributed by atoms with Crippen LogP contribution in [0, 0.1) is 0 Å². The van der Waals surface area contributed by atoms with E-state index in [9.17, 15) is 0 Å². The molecule has 0 saturated carbocycles. The average molecular weight is 185 g/mol. The first-order valence-electron chi connectivity index (χ1n) is 4.24. The molecule has 1 heterocycles. The van der Waals surface area contributed by atoms with E-state index in [1.54, 1.807) is 11.3 Å². The summed E-state index contributed by atoms with van der Waals surface area (Å²) in [4.78, 5) is 0. The Hall–Kier alpha value is -0.480. The van der Waals surface area contributed by atoms with Crippen LogP contribution in [0.5, 0.6) is 0 Å². The predicted octanol–water partition coefficient (Wildman–Crippen LogP) is 2.07. The van der Waals surface area contributed by atoms with Gasteiger partial charge in [-0.3, -0.25) is 0 Å². The van der Waals surface area contributed by atoms with E-state index in [2.05, 4.69) is 31.0 Å². The van der Waals surface area contributed by atoms with Gasteiger partial charge in [-0.2, -0.15) is 0 Å². The Morgan fingerprint density at radius 1 is 1.33 bits per heavy atom. The lowest BCUT2D eigenvalue weighted by molar-refractivity contribution is 0.680. The van der Waals surface area contributed by atoms with Gasteiger partial charge in [0.25, 0.3) is 0 Å². The first kappa shape index (κ1) is 9.61. The molecule has 0 aromatic carbocycles. The fourth-order valence-electron chi connectivity index (χ4n) is 0.804. The van der Waals surface area contributed by atoms with Crippen molar-refractivity contribution in [3.05, 3.63) is 10.0 Å². The maximum atomic E-state index is 5.82. The molecular formula is C8H15N3S. The number of hydrogen-bond donors (Lipinski definition) is 1. The molecule has 1 rings (SSSR count). The zero-order valence-electron chi connectivity index (χ0n) is 7.74. The SMILES string of the molecule is CCC(N)c1nnc(C(C)C)s1. The first-order valence-corrected chi connectivity index (χ1v) is 5.05. The molecule has 0 aliphatic heterocycles. The molecule has 12 heavy (non-hydrogen) atoms. The minimum Gasteiger partial charge on any atom is -0.322 e. The van der Waals surface area contributed by atoms with E-state index in [1.807, 2.05) is 0 Å². The van der Waals surface area contributed by atoms with Crippen LogP contribution in [-0.2, 0) is 0 Å². The molecular weight excluding hydrogens is 170 g/mol. The van der Waals surface area contributed by atoms with Gasteiger partial charge in [0.1, 0.15) is 10.0 Å². The number of rotatable bonds is 3. The van der Waals surface area contributed by atoms with E-state index in [-0.39, 0.29) is 6.04 Å². The zero-order chi connectivity index (χ0) is 9.14. The van der Waals surface area contributed by atoms with Gasteiger partial charge in [0, 0.05) is 5.92 Å². The molecule has 1 aromatic heterocycles. The summed E-state index contributed by atoms with van der Waals surface area (Å²) in [5.74, 6) is 0.459. The van der Waals surface area contributed by atoms with Crippen molar-refractivity contribution < 1.29 is 0 Å². The average Bonchev–Trinajstić information content (AvgIpc) is 2.51. The van der Waals surface area contributed by atoms with Gasteiger partial charge >= 0.3 is 0 Å². The van der Waals surface area contributed by atoms with Crippen LogP contribution >= 0.6 is 11.3 Å². The van der Waals surface area contributed by atoms with E-state index in [0.717, 1.165) is 16.4 Å². The molecule has 0 fully saturated rings. The Morgan fingerprint density at radius 2 is 1.92 bits per heavy atom. The van der Waals surface area contributed by atoms with Crippen LogP contribution in [0.1, 0.15) is 49.2 Å². The summed E-state index contributed by atoms with van der Waals surface area (Å²) in [5.41, 5.74) is 5.82. The van der Waals surface area contributed by atoms with E-state index >= 15 is 0 Å². The highest BCUT2D eigenvalue weighted by Crippen LogP contribution is 2.23. The Bertz CT molecular complexity index is 244. The van der Waals surface area contributed by atoms with Crippen molar-refractivity contribution in [2.45, 2.75) is 39.2 Å². The van der Waals surface area contributed by atoms with Crippen LogP contribution in [0.3, 0.4) is 0 Å². The lowest BCUT2D eigenvalue weighted by Crippen LogP contribution is -2.07. The number of hydrogen-bond acceptors (Lipinski definition) is 4. The van der Waals surface area contributed by atoms with Gasteiger partial charge in [0.05, 0.1) is 6.04 Å². The second-order valence-electron chi connectivity index (χ2n) is 3.15. The first-order chi connectivity index (χ1) is 5.65. The van der Waals surface area contributed by atoms with E-state index in [4.69, 9.17) is 5.73 Å². The third kappa shape index (κ3) is 2.01. The minimum atomic E-state index is 0.0648. The molecule has 3 nitrogen and oxygen atoms in total. The molecule has 1 aromatic rings. The van der Waals surface area contributed by atoms with E-state index in [1.165, 1.54) is 0 Å². The Balaban J connectivity index is 2.77. The van der Waals surface area contributed by atoms with Crippen molar-refractivity contribution in [1.29, 1.82) is 0 Å². The largest absolute Gasteiger partial charge is 0.322 e. The molecule has 0 radical (unpaired) electrons. The van der Waals surface area contributed by atoms with Crippen molar-refractivity contribution in [2.75, 3.05) is 0 Å². The van der Waals surface area contributed by atoms with E-state index < -0.39 is 0 Å². The summed E-state index contributed by atoms with van der Waals surface area (Å²) < 4.78 is 0. The summed E-state index contributed by atoms with van der Waals surface area (Å²) in [7, 11) is 0. The molecule has 0 aliphatic carbocycles. The summed E-state index contributed by atoms with van der Waals surface area (Å²) in [6.07, 6.45) is 0.923. The summed E-state index contributed by atoms with van der Waals surface area (Å²) in [6, 6.07) is 0.0648. The summed E-state index contributed by atoms with van der Waals surface area (Å²) in [5, 5.41) is 10.2.